The van der Waals surface area contributed by atoms with E-state index in [0.29, 0.717) is 12.2 Å². The Labute approximate surface area is 118 Å². The van der Waals surface area contributed by atoms with Gasteiger partial charge in [0.1, 0.15) is 11.4 Å². The van der Waals surface area contributed by atoms with Crippen molar-refractivity contribution in [2.24, 2.45) is 0 Å². The second kappa shape index (κ2) is 6.65. The fourth-order valence-electron chi connectivity index (χ4n) is 2.02. The summed E-state index contributed by atoms with van der Waals surface area (Å²) in [7, 11) is 0. The summed E-state index contributed by atoms with van der Waals surface area (Å²) in [4.78, 5) is 10.6. The van der Waals surface area contributed by atoms with E-state index in [0.717, 1.165) is 12.8 Å². The van der Waals surface area contributed by atoms with Gasteiger partial charge in [0.25, 0.3) is 0 Å². The summed E-state index contributed by atoms with van der Waals surface area (Å²) in [5.41, 5.74) is 6.32. The van der Waals surface area contributed by atoms with Crippen molar-refractivity contribution in [3.8, 4) is 0 Å². The van der Waals surface area contributed by atoms with Crippen LogP contribution < -0.4 is 11.1 Å². The van der Waals surface area contributed by atoms with Crippen LogP contribution in [0.15, 0.2) is 18.2 Å². The third-order valence-corrected chi connectivity index (χ3v) is 5.16. The second-order valence-electron chi connectivity index (χ2n) is 4.45. The first-order valence-electron chi connectivity index (χ1n) is 6.31. The van der Waals surface area contributed by atoms with Crippen molar-refractivity contribution in [1.82, 2.24) is 0 Å². The molecule has 106 valence electrons. The van der Waals surface area contributed by atoms with Gasteiger partial charge in [-0.3, -0.25) is 10.1 Å². The van der Waals surface area contributed by atoms with Crippen LogP contribution in [0.1, 0.15) is 26.7 Å². The Hall–Kier alpha value is -1.43. The van der Waals surface area contributed by atoms with Crippen LogP contribution in [-0.2, 0) is 0 Å². The van der Waals surface area contributed by atoms with E-state index in [-0.39, 0.29) is 16.1 Å². The van der Waals surface area contributed by atoms with Gasteiger partial charge in [0.2, 0.25) is 0 Å². The minimum atomic E-state index is -0.434. The number of nitro benzene ring substituents is 1. The van der Waals surface area contributed by atoms with Gasteiger partial charge in [0.15, 0.2) is 0 Å². The summed E-state index contributed by atoms with van der Waals surface area (Å²) in [5.74, 6) is 0. The van der Waals surface area contributed by atoms with Crippen LogP contribution in [0.5, 0.6) is 0 Å². The molecular formula is C13H21N3O2S. The molecule has 1 aromatic rings. The zero-order valence-electron chi connectivity index (χ0n) is 11.6. The third kappa shape index (κ3) is 3.53. The molecule has 5 nitrogen and oxygen atoms in total. The summed E-state index contributed by atoms with van der Waals surface area (Å²) >= 11 is 1.79. The van der Waals surface area contributed by atoms with Crippen molar-refractivity contribution < 1.29 is 4.92 Å². The van der Waals surface area contributed by atoms with Gasteiger partial charge in [0, 0.05) is 11.3 Å². The average molecular weight is 283 g/mol. The number of thioether (sulfide) groups is 1. The maximum absolute atomic E-state index is 11.1. The first-order chi connectivity index (χ1) is 8.99. The van der Waals surface area contributed by atoms with Crippen molar-refractivity contribution in [2.45, 2.75) is 31.4 Å². The molecule has 6 heteroatoms. The molecular weight excluding hydrogens is 262 g/mol. The highest BCUT2D eigenvalue weighted by atomic mass is 32.2. The number of nitrogens with one attached hydrogen (secondary N) is 1. The number of nitrogen functional groups attached to an aromatic ring is 1. The molecule has 0 aliphatic heterocycles. The molecule has 1 rings (SSSR count). The van der Waals surface area contributed by atoms with E-state index in [1.54, 1.807) is 30.0 Å². The molecule has 0 saturated heterocycles. The normalized spacial score (nSPS) is 11.3. The van der Waals surface area contributed by atoms with E-state index in [4.69, 9.17) is 5.73 Å². The summed E-state index contributed by atoms with van der Waals surface area (Å²) in [6.07, 6.45) is 4.09. The van der Waals surface area contributed by atoms with E-state index in [9.17, 15) is 10.1 Å². The first kappa shape index (κ1) is 15.6. The van der Waals surface area contributed by atoms with E-state index in [2.05, 4.69) is 25.4 Å². The van der Waals surface area contributed by atoms with Crippen molar-refractivity contribution in [2.75, 3.05) is 23.9 Å². The van der Waals surface area contributed by atoms with Crippen LogP contribution in [0.4, 0.5) is 17.1 Å². The van der Waals surface area contributed by atoms with Crippen LogP contribution in [0, 0.1) is 10.1 Å². The minimum absolute atomic E-state index is 0.0373. The number of hydrogen-bond acceptors (Lipinski definition) is 5. The fraction of sp³-hybridized carbons (Fsp3) is 0.538. The lowest BCUT2D eigenvalue weighted by molar-refractivity contribution is -0.383. The van der Waals surface area contributed by atoms with Crippen molar-refractivity contribution in [1.29, 1.82) is 0 Å². The van der Waals surface area contributed by atoms with Gasteiger partial charge in [0.05, 0.1) is 4.92 Å². The Balaban J connectivity index is 2.95. The lowest BCUT2D eigenvalue weighted by atomic mass is 10.0. The minimum Gasteiger partial charge on any atom is -0.393 e. The summed E-state index contributed by atoms with van der Waals surface area (Å²) in [6, 6.07) is 4.97. The molecule has 0 aliphatic carbocycles. The molecule has 0 saturated carbocycles. The standard InChI is InChI=1S/C13H21N3O2S/c1-4-13(5-2,19-3)9-15-11-8-6-7-10(14)12(11)16(17)18/h6-8,15H,4-5,9,14H2,1-3H3. The van der Waals surface area contributed by atoms with Crippen LogP contribution in [0.3, 0.4) is 0 Å². The van der Waals surface area contributed by atoms with Crippen LogP contribution in [-0.4, -0.2) is 22.5 Å². The van der Waals surface area contributed by atoms with Gasteiger partial charge < -0.3 is 11.1 Å². The molecule has 0 radical (unpaired) electrons. The topological polar surface area (TPSA) is 81.2 Å². The molecule has 19 heavy (non-hydrogen) atoms. The van der Waals surface area contributed by atoms with E-state index in [1.807, 2.05) is 0 Å². The lowest BCUT2D eigenvalue weighted by Gasteiger charge is -2.30. The Bertz CT molecular complexity index is 439. The number of hydrogen-bond donors (Lipinski definition) is 2. The zero-order chi connectivity index (χ0) is 14.5. The van der Waals surface area contributed by atoms with Gasteiger partial charge in [-0.05, 0) is 31.2 Å². The number of rotatable bonds is 7. The zero-order valence-corrected chi connectivity index (χ0v) is 12.4. The van der Waals surface area contributed by atoms with Crippen LogP contribution in [0.25, 0.3) is 0 Å². The number of nitrogens with zero attached hydrogens (tertiary/aromatic N) is 1. The Morgan fingerprint density at radius 2 is 2.05 bits per heavy atom. The first-order valence-corrected chi connectivity index (χ1v) is 7.54. The molecule has 0 aromatic heterocycles. The lowest BCUT2D eigenvalue weighted by Crippen LogP contribution is -2.32. The van der Waals surface area contributed by atoms with E-state index >= 15 is 0 Å². The van der Waals surface area contributed by atoms with Gasteiger partial charge in [-0.1, -0.05) is 19.9 Å². The van der Waals surface area contributed by atoms with Crippen molar-refractivity contribution in [3.63, 3.8) is 0 Å². The van der Waals surface area contributed by atoms with E-state index in [1.165, 1.54) is 0 Å². The fourth-order valence-corrected chi connectivity index (χ4v) is 2.82. The van der Waals surface area contributed by atoms with Gasteiger partial charge in [-0.2, -0.15) is 11.8 Å². The highest BCUT2D eigenvalue weighted by Crippen LogP contribution is 2.34. The molecule has 0 amide bonds. The molecule has 0 fully saturated rings. The number of nitrogens with two attached hydrogens (primary N) is 1. The predicted molar refractivity (Wildman–Crippen MR) is 82.8 cm³/mol. The van der Waals surface area contributed by atoms with Gasteiger partial charge in [-0.15, -0.1) is 0 Å². The maximum atomic E-state index is 11.1. The number of nitro groups is 1. The molecule has 0 atom stereocenters. The maximum Gasteiger partial charge on any atom is 0.314 e. The number of anilines is 2. The van der Waals surface area contributed by atoms with Crippen molar-refractivity contribution >= 4 is 28.8 Å². The smallest absolute Gasteiger partial charge is 0.314 e. The highest BCUT2D eigenvalue weighted by molar-refractivity contribution is 8.00. The molecule has 0 aliphatic rings. The van der Waals surface area contributed by atoms with Crippen molar-refractivity contribution in [3.05, 3.63) is 28.3 Å². The quantitative estimate of drug-likeness (QED) is 0.454. The molecule has 0 heterocycles. The summed E-state index contributed by atoms with van der Waals surface area (Å²) < 4.78 is 0.0957. The molecule has 3 N–H and O–H groups in total. The van der Waals surface area contributed by atoms with E-state index < -0.39 is 4.92 Å². The molecule has 1 aromatic carbocycles. The highest BCUT2D eigenvalue weighted by Gasteiger charge is 2.26. The summed E-state index contributed by atoms with van der Waals surface area (Å²) in [6.45, 7) is 4.95. The predicted octanol–water partition coefficient (Wildman–Crippen LogP) is 3.51. The Kier molecular flexibility index (Phi) is 5.47. The number of benzene rings is 1. The molecule has 0 bridgehead atoms. The number of para-hydroxylation sites is 1. The third-order valence-electron chi connectivity index (χ3n) is 3.57. The average Bonchev–Trinajstić information content (AvgIpc) is 2.40. The molecule has 0 spiro atoms. The van der Waals surface area contributed by atoms with Gasteiger partial charge >= 0.3 is 5.69 Å². The Morgan fingerprint density at radius 3 is 2.53 bits per heavy atom. The van der Waals surface area contributed by atoms with Crippen LogP contribution >= 0.6 is 11.8 Å². The largest absolute Gasteiger partial charge is 0.393 e. The summed E-state index contributed by atoms with van der Waals surface area (Å²) in [5, 5.41) is 14.2. The van der Waals surface area contributed by atoms with Crippen LogP contribution in [0.2, 0.25) is 0 Å². The SMILES string of the molecule is CCC(CC)(CNc1cccc(N)c1[N+](=O)[O-])SC. The molecule has 0 unspecified atom stereocenters. The Morgan fingerprint density at radius 1 is 1.42 bits per heavy atom. The second-order valence-corrected chi connectivity index (χ2v) is 5.72. The monoisotopic (exact) mass is 283 g/mol. The van der Waals surface area contributed by atoms with Gasteiger partial charge in [-0.25, -0.2) is 0 Å².